The van der Waals surface area contributed by atoms with Gasteiger partial charge in [0.15, 0.2) is 6.61 Å². The predicted molar refractivity (Wildman–Crippen MR) is 103 cm³/mol. The summed E-state index contributed by atoms with van der Waals surface area (Å²) in [5.74, 6) is 0.735. The van der Waals surface area contributed by atoms with Gasteiger partial charge in [-0.25, -0.2) is 0 Å². The summed E-state index contributed by atoms with van der Waals surface area (Å²) >= 11 is 2.22. The SMILES string of the molecule is COCCCNC(=O)C1CCN(C(=O)COc2ccc(I)cc2)CC1. The van der Waals surface area contributed by atoms with E-state index in [0.29, 0.717) is 44.8 Å². The first-order valence-electron chi connectivity index (χ1n) is 8.53. The van der Waals surface area contributed by atoms with E-state index in [0.717, 1.165) is 9.99 Å². The molecule has 1 aromatic rings. The summed E-state index contributed by atoms with van der Waals surface area (Å²) < 4.78 is 11.6. The van der Waals surface area contributed by atoms with Crippen molar-refractivity contribution in [2.45, 2.75) is 19.3 Å². The fourth-order valence-electron chi connectivity index (χ4n) is 2.73. The van der Waals surface area contributed by atoms with Gasteiger partial charge in [0.2, 0.25) is 5.91 Å². The minimum atomic E-state index is -0.0301. The molecule has 0 radical (unpaired) electrons. The van der Waals surface area contributed by atoms with Crippen LogP contribution in [-0.4, -0.2) is 56.7 Å². The zero-order valence-electron chi connectivity index (χ0n) is 14.5. The second-order valence-corrected chi connectivity index (χ2v) is 7.28. The molecular weight excluding hydrogens is 435 g/mol. The van der Waals surface area contributed by atoms with Crippen LogP contribution in [0.15, 0.2) is 24.3 Å². The molecule has 138 valence electrons. The molecule has 1 saturated heterocycles. The van der Waals surface area contributed by atoms with E-state index in [1.54, 1.807) is 12.0 Å². The third-order valence-electron chi connectivity index (χ3n) is 4.22. The third kappa shape index (κ3) is 6.81. The van der Waals surface area contributed by atoms with Gasteiger partial charge in [0, 0.05) is 42.8 Å². The number of nitrogens with zero attached hydrogens (tertiary/aromatic N) is 1. The van der Waals surface area contributed by atoms with Crippen molar-refractivity contribution in [3.05, 3.63) is 27.8 Å². The van der Waals surface area contributed by atoms with Crippen LogP contribution in [0, 0.1) is 9.49 Å². The molecule has 7 heteroatoms. The van der Waals surface area contributed by atoms with Crippen LogP contribution >= 0.6 is 22.6 Å². The van der Waals surface area contributed by atoms with E-state index in [9.17, 15) is 9.59 Å². The average molecular weight is 460 g/mol. The molecule has 1 fully saturated rings. The number of likely N-dealkylation sites (tertiary alicyclic amines) is 1. The molecule has 0 aromatic heterocycles. The van der Waals surface area contributed by atoms with Gasteiger partial charge >= 0.3 is 0 Å². The maximum Gasteiger partial charge on any atom is 0.260 e. The Balaban J connectivity index is 1.67. The van der Waals surface area contributed by atoms with Crippen LogP contribution in [0.1, 0.15) is 19.3 Å². The van der Waals surface area contributed by atoms with Crippen LogP contribution in [0.2, 0.25) is 0 Å². The maximum atomic E-state index is 12.2. The van der Waals surface area contributed by atoms with Gasteiger partial charge in [-0.1, -0.05) is 0 Å². The molecule has 0 saturated carbocycles. The molecule has 0 unspecified atom stereocenters. The van der Waals surface area contributed by atoms with Crippen LogP contribution in [0.3, 0.4) is 0 Å². The highest BCUT2D eigenvalue weighted by Gasteiger charge is 2.27. The number of hydrogen-bond donors (Lipinski definition) is 1. The summed E-state index contributed by atoms with van der Waals surface area (Å²) in [5.41, 5.74) is 0. The first-order chi connectivity index (χ1) is 12.1. The lowest BCUT2D eigenvalue weighted by molar-refractivity contribution is -0.137. The van der Waals surface area contributed by atoms with E-state index >= 15 is 0 Å². The Morgan fingerprint density at radius 1 is 1.24 bits per heavy atom. The summed E-state index contributed by atoms with van der Waals surface area (Å²) in [6, 6.07) is 7.60. The molecular formula is C18H25IN2O4. The predicted octanol–water partition coefficient (Wildman–Crippen LogP) is 2.06. The van der Waals surface area contributed by atoms with E-state index in [-0.39, 0.29) is 24.3 Å². The molecule has 0 bridgehead atoms. The number of amides is 2. The quantitative estimate of drug-likeness (QED) is 0.477. The second-order valence-electron chi connectivity index (χ2n) is 6.04. The number of piperidine rings is 1. The van der Waals surface area contributed by atoms with E-state index < -0.39 is 0 Å². The summed E-state index contributed by atoms with van der Waals surface area (Å²) in [6.45, 7) is 2.52. The Morgan fingerprint density at radius 2 is 1.92 bits per heavy atom. The van der Waals surface area contributed by atoms with Crippen molar-refractivity contribution in [1.82, 2.24) is 10.2 Å². The van der Waals surface area contributed by atoms with Crippen molar-refractivity contribution in [2.75, 3.05) is 40.0 Å². The lowest BCUT2D eigenvalue weighted by Crippen LogP contribution is -2.44. The summed E-state index contributed by atoms with van der Waals surface area (Å²) in [4.78, 5) is 26.1. The van der Waals surface area contributed by atoms with E-state index in [4.69, 9.17) is 9.47 Å². The zero-order valence-corrected chi connectivity index (χ0v) is 16.7. The molecule has 0 atom stereocenters. The largest absolute Gasteiger partial charge is 0.484 e. The minimum absolute atomic E-state index is 0.0105. The number of rotatable bonds is 8. The molecule has 0 spiro atoms. The fourth-order valence-corrected chi connectivity index (χ4v) is 3.09. The van der Waals surface area contributed by atoms with E-state index in [1.165, 1.54) is 0 Å². The summed E-state index contributed by atoms with van der Waals surface area (Å²) in [7, 11) is 1.65. The molecule has 1 aliphatic rings. The summed E-state index contributed by atoms with van der Waals surface area (Å²) in [5, 5.41) is 2.93. The number of methoxy groups -OCH3 is 1. The number of carbonyl (C=O) groups excluding carboxylic acids is 2. The normalized spacial score (nSPS) is 15.0. The molecule has 6 nitrogen and oxygen atoms in total. The Kier molecular flexibility index (Phi) is 8.47. The van der Waals surface area contributed by atoms with Crippen LogP contribution in [0.25, 0.3) is 0 Å². The number of halogens is 1. The van der Waals surface area contributed by atoms with Crippen molar-refractivity contribution in [1.29, 1.82) is 0 Å². The number of ether oxygens (including phenoxy) is 2. The minimum Gasteiger partial charge on any atom is -0.484 e. The Morgan fingerprint density at radius 3 is 2.56 bits per heavy atom. The highest BCUT2D eigenvalue weighted by Crippen LogP contribution is 2.18. The van der Waals surface area contributed by atoms with Crippen molar-refractivity contribution in [2.24, 2.45) is 5.92 Å². The highest BCUT2D eigenvalue weighted by atomic mass is 127. The molecule has 1 aromatic carbocycles. The highest BCUT2D eigenvalue weighted by molar-refractivity contribution is 14.1. The number of benzene rings is 1. The molecule has 2 rings (SSSR count). The molecule has 1 heterocycles. The lowest BCUT2D eigenvalue weighted by atomic mass is 9.96. The van der Waals surface area contributed by atoms with Crippen molar-refractivity contribution < 1.29 is 19.1 Å². The monoisotopic (exact) mass is 460 g/mol. The molecule has 0 aliphatic carbocycles. The standard InChI is InChI=1S/C18H25IN2O4/c1-24-12-2-9-20-18(23)14-7-10-21(11-8-14)17(22)13-25-16-5-3-15(19)4-6-16/h3-6,14H,2,7-13H2,1H3,(H,20,23). The van der Waals surface area contributed by atoms with E-state index in [2.05, 4.69) is 27.9 Å². The first-order valence-corrected chi connectivity index (χ1v) is 9.61. The van der Waals surface area contributed by atoms with Crippen LogP contribution in [-0.2, 0) is 14.3 Å². The maximum absolute atomic E-state index is 12.2. The molecule has 25 heavy (non-hydrogen) atoms. The Hall–Kier alpha value is -1.35. The Bertz CT molecular complexity index is 557. The topological polar surface area (TPSA) is 67.9 Å². The molecule has 2 amide bonds. The van der Waals surface area contributed by atoms with Crippen LogP contribution in [0.4, 0.5) is 0 Å². The fraction of sp³-hybridized carbons (Fsp3) is 0.556. The van der Waals surface area contributed by atoms with Gasteiger partial charge in [0.25, 0.3) is 5.91 Å². The average Bonchev–Trinajstić information content (AvgIpc) is 2.64. The second kappa shape index (κ2) is 10.6. The molecule has 1 N–H and O–H groups in total. The van der Waals surface area contributed by atoms with Crippen LogP contribution < -0.4 is 10.1 Å². The zero-order chi connectivity index (χ0) is 18.1. The first kappa shape index (κ1) is 20.0. The van der Waals surface area contributed by atoms with Crippen LogP contribution in [0.5, 0.6) is 5.75 Å². The van der Waals surface area contributed by atoms with Gasteiger partial charge in [-0.3, -0.25) is 9.59 Å². The van der Waals surface area contributed by atoms with Gasteiger partial charge in [-0.15, -0.1) is 0 Å². The number of hydrogen-bond acceptors (Lipinski definition) is 4. The summed E-state index contributed by atoms with van der Waals surface area (Å²) in [6.07, 6.45) is 2.21. The van der Waals surface area contributed by atoms with Gasteiger partial charge in [0.1, 0.15) is 5.75 Å². The van der Waals surface area contributed by atoms with Crippen molar-refractivity contribution >= 4 is 34.4 Å². The smallest absolute Gasteiger partial charge is 0.260 e. The van der Waals surface area contributed by atoms with Gasteiger partial charge in [-0.05, 0) is 66.1 Å². The van der Waals surface area contributed by atoms with Gasteiger partial charge < -0.3 is 19.7 Å². The third-order valence-corrected chi connectivity index (χ3v) is 4.94. The lowest BCUT2D eigenvalue weighted by Gasteiger charge is -2.31. The Labute approximate surface area is 162 Å². The number of carbonyl (C=O) groups is 2. The molecule has 1 aliphatic heterocycles. The number of nitrogens with one attached hydrogen (secondary N) is 1. The van der Waals surface area contributed by atoms with Gasteiger partial charge in [-0.2, -0.15) is 0 Å². The van der Waals surface area contributed by atoms with Crippen molar-refractivity contribution in [3.8, 4) is 5.75 Å². The van der Waals surface area contributed by atoms with Crippen molar-refractivity contribution in [3.63, 3.8) is 0 Å². The van der Waals surface area contributed by atoms with E-state index in [1.807, 2.05) is 24.3 Å². The van der Waals surface area contributed by atoms with Gasteiger partial charge in [0.05, 0.1) is 0 Å².